The molecule has 33 heavy (non-hydrogen) atoms. The molecule has 0 bridgehead atoms. The van der Waals surface area contributed by atoms with Crippen molar-refractivity contribution in [3.8, 4) is 0 Å². The van der Waals surface area contributed by atoms with Crippen LogP contribution in [0.1, 0.15) is 26.2 Å². The molecule has 1 heterocycles. The van der Waals surface area contributed by atoms with Gasteiger partial charge in [0.15, 0.2) is 0 Å². The van der Waals surface area contributed by atoms with Crippen LogP contribution < -0.4 is 10.6 Å². The molecule has 0 aliphatic heterocycles. The molecule has 0 fully saturated rings. The van der Waals surface area contributed by atoms with Crippen molar-refractivity contribution in [1.29, 1.82) is 0 Å². The minimum absolute atomic E-state index is 0.198. The van der Waals surface area contributed by atoms with Crippen LogP contribution >= 0.6 is 34.7 Å². The third-order valence-corrected chi connectivity index (χ3v) is 6.77. The van der Waals surface area contributed by atoms with Crippen LogP contribution in [0.15, 0.2) is 83.8 Å². The fourth-order valence-corrected chi connectivity index (χ4v) is 4.90. The van der Waals surface area contributed by atoms with Gasteiger partial charge in [-0.05, 0) is 48.9 Å². The van der Waals surface area contributed by atoms with Crippen molar-refractivity contribution >= 4 is 57.3 Å². The fourth-order valence-electron chi connectivity index (χ4n) is 3.04. The van der Waals surface area contributed by atoms with Crippen LogP contribution in [0.3, 0.4) is 0 Å². The standard InChI is InChI=1S/C24H19ClN4O2S2/c1-15-28-29-24(32-15)27-23(31)21(16-7-3-2-4-8-16)33-20-12-6-11-19(14-20)26-22(30)17-9-5-10-18(25)13-17/h2-14,21H,1H3,(H,26,30)(H,27,29,31). The van der Waals surface area contributed by atoms with Gasteiger partial charge in [-0.25, -0.2) is 0 Å². The molecule has 0 aliphatic rings. The molecule has 1 aromatic heterocycles. The molecule has 0 saturated carbocycles. The lowest BCUT2D eigenvalue weighted by atomic mass is 10.1. The number of amides is 2. The zero-order chi connectivity index (χ0) is 23.2. The Labute approximate surface area is 204 Å². The molecular weight excluding hydrogens is 476 g/mol. The number of thioether (sulfide) groups is 1. The van der Waals surface area contributed by atoms with Crippen LogP contribution in [-0.2, 0) is 4.79 Å². The summed E-state index contributed by atoms with van der Waals surface area (Å²) in [4.78, 5) is 26.5. The van der Waals surface area contributed by atoms with Crippen LogP contribution in [0, 0.1) is 6.92 Å². The maximum absolute atomic E-state index is 13.1. The Balaban J connectivity index is 1.53. The van der Waals surface area contributed by atoms with Gasteiger partial charge in [-0.15, -0.1) is 22.0 Å². The van der Waals surface area contributed by atoms with Crippen molar-refractivity contribution in [1.82, 2.24) is 10.2 Å². The van der Waals surface area contributed by atoms with E-state index in [1.54, 1.807) is 30.3 Å². The maximum Gasteiger partial charge on any atom is 0.255 e. The van der Waals surface area contributed by atoms with Gasteiger partial charge in [0.05, 0.1) is 0 Å². The fraction of sp³-hybridized carbons (Fsp3) is 0.0833. The van der Waals surface area contributed by atoms with Crippen LogP contribution in [-0.4, -0.2) is 22.0 Å². The molecule has 166 valence electrons. The average Bonchev–Trinajstić information content (AvgIpc) is 3.22. The average molecular weight is 495 g/mol. The number of rotatable bonds is 7. The quantitative estimate of drug-likeness (QED) is 0.298. The highest BCUT2D eigenvalue weighted by Gasteiger charge is 2.23. The molecule has 9 heteroatoms. The van der Waals surface area contributed by atoms with Crippen molar-refractivity contribution < 1.29 is 9.59 Å². The number of aromatic nitrogens is 2. The van der Waals surface area contributed by atoms with E-state index >= 15 is 0 Å². The summed E-state index contributed by atoms with van der Waals surface area (Å²) in [5.41, 5.74) is 1.95. The van der Waals surface area contributed by atoms with Gasteiger partial charge in [-0.1, -0.05) is 65.4 Å². The molecule has 0 saturated heterocycles. The van der Waals surface area contributed by atoms with E-state index < -0.39 is 5.25 Å². The van der Waals surface area contributed by atoms with Crippen LogP contribution in [0.2, 0.25) is 5.02 Å². The lowest BCUT2D eigenvalue weighted by Gasteiger charge is -2.16. The summed E-state index contributed by atoms with van der Waals surface area (Å²) >= 11 is 8.70. The summed E-state index contributed by atoms with van der Waals surface area (Å²) in [6.07, 6.45) is 0. The Kier molecular flexibility index (Phi) is 7.39. The van der Waals surface area contributed by atoms with Crippen molar-refractivity contribution in [2.24, 2.45) is 0 Å². The highest BCUT2D eigenvalue weighted by atomic mass is 35.5. The summed E-state index contributed by atoms with van der Waals surface area (Å²) in [6.45, 7) is 1.83. The first kappa shape index (κ1) is 23.0. The van der Waals surface area contributed by atoms with E-state index in [-0.39, 0.29) is 11.8 Å². The number of aryl methyl sites for hydroxylation is 1. The minimum atomic E-state index is -0.519. The first-order valence-corrected chi connectivity index (χ1v) is 12.0. The van der Waals surface area contributed by atoms with E-state index in [4.69, 9.17) is 11.6 Å². The van der Waals surface area contributed by atoms with E-state index in [1.807, 2.05) is 55.5 Å². The highest BCUT2D eigenvalue weighted by Crippen LogP contribution is 2.37. The number of hydrogen-bond donors (Lipinski definition) is 2. The summed E-state index contributed by atoms with van der Waals surface area (Å²) in [5.74, 6) is -0.459. The van der Waals surface area contributed by atoms with Gasteiger partial charge < -0.3 is 5.32 Å². The predicted molar refractivity (Wildman–Crippen MR) is 134 cm³/mol. The Bertz CT molecular complexity index is 1280. The van der Waals surface area contributed by atoms with Gasteiger partial charge in [-0.2, -0.15) is 0 Å². The van der Waals surface area contributed by atoms with E-state index in [0.717, 1.165) is 15.5 Å². The van der Waals surface area contributed by atoms with Gasteiger partial charge in [0.1, 0.15) is 10.3 Å². The summed E-state index contributed by atoms with van der Waals surface area (Å²) in [7, 11) is 0. The zero-order valence-corrected chi connectivity index (χ0v) is 19.9. The molecule has 2 amide bonds. The predicted octanol–water partition coefficient (Wildman–Crippen LogP) is 6.22. The molecule has 1 atom stereocenters. The van der Waals surface area contributed by atoms with Crippen molar-refractivity contribution in [2.75, 3.05) is 10.6 Å². The Morgan fingerprint density at radius 2 is 1.73 bits per heavy atom. The molecule has 1 unspecified atom stereocenters. The van der Waals surface area contributed by atoms with E-state index in [0.29, 0.717) is 21.4 Å². The number of hydrogen-bond acceptors (Lipinski definition) is 6. The smallest absolute Gasteiger partial charge is 0.255 e. The lowest BCUT2D eigenvalue weighted by Crippen LogP contribution is -2.19. The van der Waals surface area contributed by atoms with Crippen molar-refractivity contribution in [3.05, 3.63) is 100 Å². The van der Waals surface area contributed by atoms with Gasteiger partial charge >= 0.3 is 0 Å². The first-order valence-electron chi connectivity index (χ1n) is 9.97. The first-order chi connectivity index (χ1) is 16.0. The molecular formula is C24H19ClN4O2S2. The number of anilines is 2. The minimum Gasteiger partial charge on any atom is -0.322 e. The molecule has 2 N–H and O–H groups in total. The third kappa shape index (κ3) is 6.19. The molecule has 4 aromatic rings. The Morgan fingerprint density at radius 3 is 2.45 bits per heavy atom. The molecule has 0 aliphatic carbocycles. The summed E-state index contributed by atoms with van der Waals surface area (Å²) < 4.78 is 0. The van der Waals surface area contributed by atoms with Crippen LogP contribution in [0.5, 0.6) is 0 Å². The molecule has 6 nitrogen and oxygen atoms in total. The molecule has 3 aromatic carbocycles. The number of carbonyl (C=O) groups excluding carboxylic acids is 2. The maximum atomic E-state index is 13.1. The van der Waals surface area contributed by atoms with Crippen LogP contribution in [0.4, 0.5) is 10.8 Å². The number of halogens is 1. The molecule has 0 radical (unpaired) electrons. The topological polar surface area (TPSA) is 84.0 Å². The summed E-state index contributed by atoms with van der Waals surface area (Å²) in [5, 5.41) is 14.9. The SMILES string of the molecule is Cc1nnc(NC(=O)C(Sc2cccc(NC(=O)c3cccc(Cl)c3)c2)c2ccccc2)s1. The second kappa shape index (κ2) is 10.6. The highest BCUT2D eigenvalue weighted by molar-refractivity contribution is 8.00. The number of benzene rings is 3. The largest absolute Gasteiger partial charge is 0.322 e. The zero-order valence-electron chi connectivity index (χ0n) is 17.5. The van der Waals surface area contributed by atoms with E-state index in [1.165, 1.54) is 23.1 Å². The Morgan fingerprint density at radius 1 is 0.939 bits per heavy atom. The summed E-state index contributed by atoms with van der Waals surface area (Å²) in [6, 6.07) is 23.6. The van der Waals surface area contributed by atoms with E-state index in [2.05, 4.69) is 20.8 Å². The van der Waals surface area contributed by atoms with Gasteiger partial charge in [0.2, 0.25) is 11.0 Å². The molecule has 0 spiro atoms. The van der Waals surface area contributed by atoms with Crippen molar-refractivity contribution in [2.45, 2.75) is 17.1 Å². The molecule has 4 rings (SSSR count). The van der Waals surface area contributed by atoms with Gasteiger partial charge in [0, 0.05) is 21.2 Å². The van der Waals surface area contributed by atoms with Crippen LogP contribution in [0.25, 0.3) is 0 Å². The number of carbonyl (C=O) groups is 2. The lowest BCUT2D eigenvalue weighted by molar-refractivity contribution is -0.115. The number of nitrogens with zero attached hydrogens (tertiary/aromatic N) is 2. The van der Waals surface area contributed by atoms with Gasteiger partial charge in [0.25, 0.3) is 5.91 Å². The van der Waals surface area contributed by atoms with E-state index in [9.17, 15) is 9.59 Å². The second-order valence-electron chi connectivity index (χ2n) is 7.02. The Hall–Kier alpha value is -3.20. The second-order valence-corrected chi connectivity index (χ2v) is 9.81. The normalized spacial score (nSPS) is 11.6. The van der Waals surface area contributed by atoms with Gasteiger partial charge in [-0.3, -0.25) is 14.9 Å². The van der Waals surface area contributed by atoms with Crippen molar-refractivity contribution in [3.63, 3.8) is 0 Å². The monoisotopic (exact) mass is 494 g/mol. The third-order valence-electron chi connectivity index (χ3n) is 4.53. The number of nitrogens with one attached hydrogen (secondary N) is 2.